The third-order valence-electron chi connectivity index (χ3n) is 15.2. The summed E-state index contributed by atoms with van der Waals surface area (Å²) in [5.41, 5.74) is 0. The van der Waals surface area contributed by atoms with Crippen molar-refractivity contribution < 1.29 is 49.3 Å². The molecule has 11 heteroatoms. The van der Waals surface area contributed by atoms with Crippen LogP contribution in [0.4, 0.5) is 0 Å². The highest BCUT2D eigenvalue weighted by Gasteiger charge is 2.47. The van der Waals surface area contributed by atoms with Gasteiger partial charge in [0.1, 0.15) is 24.4 Å². The lowest BCUT2D eigenvalue weighted by molar-refractivity contribution is -0.305. The van der Waals surface area contributed by atoms with Crippen LogP contribution in [0.25, 0.3) is 0 Å². The molecule has 1 amide bonds. The van der Waals surface area contributed by atoms with Gasteiger partial charge in [-0.1, -0.05) is 280 Å². The minimum atomic E-state index is -1.62. The van der Waals surface area contributed by atoms with Crippen LogP contribution >= 0.6 is 0 Å². The third kappa shape index (κ3) is 43.5. The van der Waals surface area contributed by atoms with E-state index >= 15 is 0 Å². The number of unbranched alkanes of at least 4 members (excludes halogenated alkanes) is 34. The van der Waals surface area contributed by atoms with Gasteiger partial charge in [0.2, 0.25) is 5.91 Å². The summed E-state index contributed by atoms with van der Waals surface area (Å²) >= 11 is 0. The predicted octanol–water partition coefficient (Wildman–Crippen LogP) is 16.0. The molecule has 0 spiro atoms. The number of aliphatic hydroxyl groups excluding tert-OH is 5. The first-order valence-electron chi connectivity index (χ1n) is 32.8. The summed E-state index contributed by atoms with van der Waals surface area (Å²) in [5.74, 6) is -1.22. The molecule has 1 rings (SSSR count). The Labute approximate surface area is 483 Å². The number of amides is 1. The summed E-state index contributed by atoms with van der Waals surface area (Å²) in [6, 6.07) is -1.04. The van der Waals surface area contributed by atoms with Gasteiger partial charge in [0.15, 0.2) is 12.4 Å². The molecule has 0 bridgehead atoms. The first-order valence-corrected chi connectivity index (χ1v) is 32.8. The Morgan fingerprint density at radius 1 is 0.506 bits per heavy atom. The van der Waals surface area contributed by atoms with E-state index in [1.54, 1.807) is 6.08 Å². The second kappa shape index (κ2) is 55.6. The predicted molar refractivity (Wildman–Crippen MR) is 329 cm³/mol. The molecule has 8 unspecified atom stereocenters. The Morgan fingerprint density at radius 3 is 1.41 bits per heavy atom. The zero-order chi connectivity index (χ0) is 57.5. The van der Waals surface area contributed by atoms with Crippen LogP contribution in [0.5, 0.6) is 0 Å². The molecule has 0 aromatic rings. The molecular weight excluding hydrogens is 991 g/mol. The summed E-state index contributed by atoms with van der Waals surface area (Å²) < 4.78 is 17.6. The second-order valence-corrected chi connectivity index (χ2v) is 22.6. The van der Waals surface area contributed by atoms with Crippen molar-refractivity contribution in [3.8, 4) is 0 Å². The SMILES string of the molecule is CC/C=C/C=C/C=C/C=C\CCCCCCC(O)C(=O)NC(COC1OC(CO)C(O)C(O)C1OC(=O)CCCCCCCCCCCCCCCCC/C=C/CCCCCCCC)C(O)/C=C/CCCCCCCCCCC. The van der Waals surface area contributed by atoms with Crippen molar-refractivity contribution in [3.05, 3.63) is 72.9 Å². The highest BCUT2D eigenvalue weighted by molar-refractivity contribution is 5.80. The number of hydrogen-bond acceptors (Lipinski definition) is 10. The number of esters is 1. The first kappa shape index (κ1) is 74.1. The van der Waals surface area contributed by atoms with E-state index in [4.69, 9.17) is 14.2 Å². The van der Waals surface area contributed by atoms with E-state index in [-0.39, 0.29) is 19.4 Å². The van der Waals surface area contributed by atoms with Crippen LogP contribution < -0.4 is 5.32 Å². The first-order chi connectivity index (χ1) is 38.7. The average Bonchev–Trinajstić information content (AvgIpc) is 3.45. The van der Waals surface area contributed by atoms with Gasteiger partial charge >= 0.3 is 5.97 Å². The van der Waals surface area contributed by atoms with E-state index in [2.05, 4.69) is 50.4 Å². The second-order valence-electron chi connectivity index (χ2n) is 22.6. The van der Waals surface area contributed by atoms with Gasteiger partial charge in [0, 0.05) is 6.42 Å². The molecule has 6 N–H and O–H groups in total. The molecule has 458 valence electrons. The number of aliphatic hydroxyl groups is 5. The van der Waals surface area contributed by atoms with Crippen molar-refractivity contribution in [1.82, 2.24) is 5.32 Å². The molecule has 8 atom stereocenters. The zero-order valence-corrected chi connectivity index (χ0v) is 50.7. The molecule has 0 saturated carbocycles. The van der Waals surface area contributed by atoms with Crippen LogP contribution in [0.1, 0.15) is 284 Å². The van der Waals surface area contributed by atoms with Gasteiger partial charge in [-0.15, -0.1) is 0 Å². The average molecular weight is 1110 g/mol. The van der Waals surface area contributed by atoms with E-state index in [0.29, 0.717) is 12.8 Å². The quantitative estimate of drug-likeness (QED) is 0.0149. The topological polar surface area (TPSA) is 175 Å². The molecule has 0 aliphatic carbocycles. The maximum atomic E-state index is 13.4. The van der Waals surface area contributed by atoms with Crippen molar-refractivity contribution in [2.45, 2.75) is 333 Å². The Kier molecular flexibility index (Phi) is 52.2. The maximum Gasteiger partial charge on any atom is 0.306 e. The van der Waals surface area contributed by atoms with Crippen LogP contribution in [0.3, 0.4) is 0 Å². The van der Waals surface area contributed by atoms with Crippen molar-refractivity contribution in [1.29, 1.82) is 0 Å². The molecule has 11 nitrogen and oxygen atoms in total. The highest BCUT2D eigenvalue weighted by atomic mass is 16.7. The molecule has 0 aromatic heterocycles. The number of ether oxygens (including phenoxy) is 3. The lowest BCUT2D eigenvalue weighted by Crippen LogP contribution is -2.61. The normalized spacial score (nSPS) is 19.3. The van der Waals surface area contributed by atoms with Crippen molar-refractivity contribution in [2.24, 2.45) is 0 Å². The van der Waals surface area contributed by atoms with Crippen LogP contribution in [0.15, 0.2) is 72.9 Å². The van der Waals surface area contributed by atoms with E-state index in [0.717, 1.165) is 70.6 Å². The van der Waals surface area contributed by atoms with Crippen LogP contribution in [-0.4, -0.2) is 99.6 Å². The van der Waals surface area contributed by atoms with E-state index in [9.17, 15) is 35.1 Å². The van der Waals surface area contributed by atoms with Gasteiger partial charge in [-0.25, -0.2) is 0 Å². The fourth-order valence-electron chi connectivity index (χ4n) is 10.0. The van der Waals surface area contributed by atoms with Gasteiger partial charge in [-0.05, 0) is 70.6 Å². The Hall–Kier alpha value is -2.90. The third-order valence-corrected chi connectivity index (χ3v) is 15.2. The van der Waals surface area contributed by atoms with E-state index in [1.807, 2.05) is 42.5 Å². The standard InChI is InChI=1S/C68H121NO10/c1-4-7-10-13-16-19-22-24-26-27-28-29-30-31-32-33-34-35-36-38-41-44-47-50-53-56-63(73)79-66-65(75)64(74)62(57-70)78-68(66)77-58-59(60(71)54-51-48-45-42-39-21-18-15-12-9-6-3)69-67(76)61(72)55-52-49-46-43-40-37-25-23-20-17-14-11-8-5-2/h8,11,14,17,20,23-26,37,51,54,59-62,64-66,68,70-72,74-75H,4-7,9-10,12-13,15-16,18-19,21-22,27-36,38-50,52-53,55-58H2,1-3H3,(H,69,76)/b11-8+,17-14+,23-20+,26-24+,37-25-,54-51+. The maximum absolute atomic E-state index is 13.4. The number of rotatable bonds is 55. The molecule has 1 heterocycles. The number of nitrogens with one attached hydrogen (secondary N) is 1. The van der Waals surface area contributed by atoms with Gasteiger partial charge < -0.3 is 45.1 Å². The smallest absolute Gasteiger partial charge is 0.306 e. The van der Waals surface area contributed by atoms with Gasteiger partial charge in [0.05, 0.1) is 25.4 Å². The molecular formula is C68H121NO10. The van der Waals surface area contributed by atoms with Gasteiger partial charge in [0.25, 0.3) is 0 Å². The monoisotopic (exact) mass is 1110 g/mol. The van der Waals surface area contributed by atoms with Gasteiger partial charge in [-0.3, -0.25) is 9.59 Å². The summed E-state index contributed by atoms with van der Waals surface area (Å²) in [4.78, 5) is 26.6. The molecule has 1 aliphatic rings. The molecule has 79 heavy (non-hydrogen) atoms. The summed E-state index contributed by atoms with van der Waals surface area (Å²) in [6.45, 7) is 5.64. The minimum absolute atomic E-state index is 0.120. The van der Waals surface area contributed by atoms with E-state index in [1.165, 1.54) is 167 Å². The van der Waals surface area contributed by atoms with Crippen molar-refractivity contribution in [2.75, 3.05) is 13.2 Å². The number of carbonyl (C=O) groups excluding carboxylic acids is 2. The van der Waals surface area contributed by atoms with Crippen LogP contribution in [-0.2, 0) is 23.8 Å². The van der Waals surface area contributed by atoms with Gasteiger partial charge in [-0.2, -0.15) is 0 Å². The lowest BCUT2D eigenvalue weighted by Gasteiger charge is -2.41. The van der Waals surface area contributed by atoms with Crippen molar-refractivity contribution >= 4 is 11.9 Å². The molecule has 1 fully saturated rings. The van der Waals surface area contributed by atoms with Crippen LogP contribution in [0, 0.1) is 0 Å². The molecule has 0 aromatic carbocycles. The highest BCUT2D eigenvalue weighted by Crippen LogP contribution is 2.26. The number of carbonyl (C=O) groups is 2. The Bertz CT molecular complexity index is 1560. The van der Waals surface area contributed by atoms with E-state index < -0.39 is 67.4 Å². The Morgan fingerprint density at radius 2 is 0.924 bits per heavy atom. The fraction of sp³-hybridized carbons (Fsp3) is 0.794. The Balaban J connectivity index is 2.57. The van der Waals surface area contributed by atoms with Crippen molar-refractivity contribution in [3.63, 3.8) is 0 Å². The summed E-state index contributed by atoms with van der Waals surface area (Å²) in [5, 5.41) is 57.0. The largest absolute Gasteiger partial charge is 0.454 e. The lowest BCUT2D eigenvalue weighted by atomic mass is 9.99. The minimum Gasteiger partial charge on any atom is -0.454 e. The number of allylic oxidation sites excluding steroid dienone is 11. The molecule has 1 saturated heterocycles. The molecule has 1 aliphatic heterocycles. The summed E-state index contributed by atoms with van der Waals surface area (Å²) in [7, 11) is 0. The van der Waals surface area contributed by atoms with Crippen LogP contribution in [0.2, 0.25) is 0 Å². The summed E-state index contributed by atoms with van der Waals surface area (Å²) in [6.07, 6.45) is 61.0. The fourth-order valence-corrected chi connectivity index (χ4v) is 10.0. The number of hydrogen-bond donors (Lipinski definition) is 6. The zero-order valence-electron chi connectivity index (χ0n) is 50.7. The molecule has 0 radical (unpaired) electrons.